The van der Waals surface area contributed by atoms with E-state index in [1.165, 1.54) is 25.3 Å². The maximum Gasteiger partial charge on any atom is 0.328 e. The number of halogens is 2. The minimum atomic E-state index is -0.850. The maximum absolute atomic E-state index is 13.2. The van der Waals surface area contributed by atoms with Crippen LogP contribution in [0, 0.1) is 5.82 Å². The van der Waals surface area contributed by atoms with Crippen LogP contribution >= 0.6 is 15.9 Å². The highest BCUT2D eigenvalue weighted by Gasteiger charge is 2.22. The van der Waals surface area contributed by atoms with Gasteiger partial charge in [-0.1, -0.05) is 34.1 Å². The SMILES string of the molecule is COC(=O)[C@@H](Cc1ccc(Br)cc1)NC(=O)c1cccc(F)c1. The highest BCUT2D eigenvalue weighted by atomic mass is 79.9. The smallest absolute Gasteiger partial charge is 0.328 e. The molecule has 0 heterocycles. The van der Waals surface area contributed by atoms with Gasteiger partial charge in [0.15, 0.2) is 0 Å². The molecule has 0 bridgehead atoms. The maximum atomic E-state index is 13.2. The molecule has 0 fully saturated rings. The van der Waals surface area contributed by atoms with Gasteiger partial charge in [0.05, 0.1) is 7.11 Å². The van der Waals surface area contributed by atoms with E-state index in [0.29, 0.717) is 0 Å². The van der Waals surface area contributed by atoms with E-state index in [2.05, 4.69) is 21.2 Å². The Labute approximate surface area is 141 Å². The van der Waals surface area contributed by atoms with Crippen LogP contribution in [0.5, 0.6) is 0 Å². The number of ether oxygens (including phenoxy) is 1. The molecule has 120 valence electrons. The van der Waals surface area contributed by atoms with Gasteiger partial charge >= 0.3 is 5.97 Å². The lowest BCUT2D eigenvalue weighted by molar-refractivity contribution is -0.142. The van der Waals surface area contributed by atoms with Crippen LogP contribution < -0.4 is 5.32 Å². The molecule has 0 unspecified atom stereocenters. The van der Waals surface area contributed by atoms with Crippen molar-refractivity contribution in [1.29, 1.82) is 0 Å². The summed E-state index contributed by atoms with van der Waals surface area (Å²) in [5, 5.41) is 2.58. The molecule has 0 spiro atoms. The predicted molar refractivity (Wildman–Crippen MR) is 87.5 cm³/mol. The van der Waals surface area contributed by atoms with Gasteiger partial charge in [-0.25, -0.2) is 9.18 Å². The summed E-state index contributed by atoms with van der Waals surface area (Å²) < 4.78 is 18.8. The Bertz CT molecular complexity index is 703. The van der Waals surface area contributed by atoms with Crippen LogP contribution in [0.15, 0.2) is 53.0 Å². The van der Waals surface area contributed by atoms with E-state index >= 15 is 0 Å². The van der Waals surface area contributed by atoms with Crippen molar-refractivity contribution in [3.8, 4) is 0 Å². The number of rotatable bonds is 5. The molecule has 0 radical (unpaired) electrons. The molecule has 4 nitrogen and oxygen atoms in total. The van der Waals surface area contributed by atoms with Gasteiger partial charge in [-0.15, -0.1) is 0 Å². The van der Waals surface area contributed by atoms with E-state index in [-0.39, 0.29) is 12.0 Å². The van der Waals surface area contributed by atoms with E-state index in [0.717, 1.165) is 16.1 Å². The summed E-state index contributed by atoms with van der Waals surface area (Å²) in [6, 6.07) is 11.8. The van der Waals surface area contributed by atoms with Crippen LogP contribution in [0.4, 0.5) is 4.39 Å². The summed E-state index contributed by atoms with van der Waals surface area (Å²) in [6.45, 7) is 0. The van der Waals surface area contributed by atoms with Gasteiger partial charge in [-0.2, -0.15) is 0 Å². The minimum absolute atomic E-state index is 0.148. The van der Waals surface area contributed by atoms with Crippen LogP contribution in [0.1, 0.15) is 15.9 Å². The van der Waals surface area contributed by atoms with Gasteiger partial charge in [-0.3, -0.25) is 4.79 Å². The van der Waals surface area contributed by atoms with Gasteiger partial charge in [0.2, 0.25) is 0 Å². The zero-order chi connectivity index (χ0) is 16.8. The normalized spacial score (nSPS) is 11.6. The average molecular weight is 380 g/mol. The van der Waals surface area contributed by atoms with Gasteiger partial charge in [0.25, 0.3) is 5.91 Å². The van der Waals surface area contributed by atoms with E-state index < -0.39 is 23.7 Å². The molecule has 1 amide bonds. The molecular weight excluding hydrogens is 365 g/mol. The molecule has 0 aliphatic heterocycles. The summed E-state index contributed by atoms with van der Waals surface area (Å²) in [7, 11) is 1.26. The average Bonchev–Trinajstić information content (AvgIpc) is 2.55. The fraction of sp³-hybridized carbons (Fsp3) is 0.176. The van der Waals surface area contributed by atoms with Crippen molar-refractivity contribution in [1.82, 2.24) is 5.32 Å². The fourth-order valence-corrected chi connectivity index (χ4v) is 2.33. The molecule has 0 aliphatic carbocycles. The molecule has 1 N–H and O–H groups in total. The van der Waals surface area contributed by atoms with Crippen LogP contribution in [0.25, 0.3) is 0 Å². The van der Waals surface area contributed by atoms with Crippen LogP contribution in [0.3, 0.4) is 0 Å². The summed E-state index contributed by atoms with van der Waals surface area (Å²) in [6.07, 6.45) is 0.279. The zero-order valence-electron chi connectivity index (χ0n) is 12.4. The second kappa shape index (κ2) is 7.87. The first-order chi connectivity index (χ1) is 11.0. The molecule has 2 aromatic rings. The van der Waals surface area contributed by atoms with Crippen molar-refractivity contribution in [2.75, 3.05) is 7.11 Å². The lowest BCUT2D eigenvalue weighted by atomic mass is 10.1. The van der Waals surface area contributed by atoms with Crippen LogP contribution in [0.2, 0.25) is 0 Å². The number of esters is 1. The van der Waals surface area contributed by atoms with E-state index in [4.69, 9.17) is 4.74 Å². The molecule has 23 heavy (non-hydrogen) atoms. The Morgan fingerprint density at radius 1 is 1.22 bits per heavy atom. The first-order valence-corrected chi connectivity index (χ1v) is 7.67. The lowest BCUT2D eigenvalue weighted by Crippen LogP contribution is -2.43. The van der Waals surface area contributed by atoms with Gasteiger partial charge in [0, 0.05) is 16.5 Å². The number of nitrogens with one attached hydrogen (secondary N) is 1. The number of hydrogen-bond acceptors (Lipinski definition) is 3. The third-order valence-electron chi connectivity index (χ3n) is 3.23. The van der Waals surface area contributed by atoms with Crippen LogP contribution in [-0.4, -0.2) is 25.0 Å². The van der Waals surface area contributed by atoms with Gasteiger partial charge < -0.3 is 10.1 Å². The third kappa shape index (κ3) is 4.89. The monoisotopic (exact) mass is 379 g/mol. The standard InChI is InChI=1S/C17H15BrFNO3/c1-23-17(22)15(9-11-5-7-13(18)8-6-11)20-16(21)12-3-2-4-14(19)10-12/h2-8,10,15H,9H2,1H3,(H,20,21)/t15-/m1/s1. The largest absolute Gasteiger partial charge is 0.467 e. The Kier molecular flexibility index (Phi) is 5.87. The number of methoxy groups -OCH3 is 1. The third-order valence-corrected chi connectivity index (χ3v) is 3.76. The van der Waals surface area contributed by atoms with Crippen molar-refractivity contribution in [2.45, 2.75) is 12.5 Å². The quantitative estimate of drug-likeness (QED) is 0.812. The first-order valence-electron chi connectivity index (χ1n) is 6.88. The minimum Gasteiger partial charge on any atom is -0.467 e. The summed E-state index contributed by atoms with van der Waals surface area (Å²) in [4.78, 5) is 24.1. The fourth-order valence-electron chi connectivity index (χ4n) is 2.06. The summed E-state index contributed by atoms with van der Waals surface area (Å²) >= 11 is 3.34. The van der Waals surface area contributed by atoms with E-state index in [9.17, 15) is 14.0 Å². The number of carbonyl (C=O) groups excluding carboxylic acids is 2. The number of hydrogen-bond donors (Lipinski definition) is 1. The zero-order valence-corrected chi connectivity index (χ0v) is 14.0. The Morgan fingerprint density at radius 3 is 2.52 bits per heavy atom. The molecule has 2 rings (SSSR count). The van der Waals surface area contributed by atoms with Crippen molar-refractivity contribution >= 4 is 27.8 Å². The van der Waals surface area contributed by atoms with E-state index in [1.54, 1.807) is 0 Å². The predicted octanol–water partition coefficient (Wildman–Crippen LogP) is 3.10. The molecule has 1 atom stereocenters. The second-order valence-corrected chi connectivity index (χ2v) is 5.81. The molecule has 6 heteroatoms. The highest BCUT2D eigenvalue weighted by molar-refractivity contribution is 9.10. The molecule has 0 saturated carbocycles. The molecule has 2 aromatic carbocycles. The topological polar surface area (TPSA) is 55.4 Å². The molecular formula is C17H15BrFNO3. The van der Waals surface area contributed by atoms with Gasteiger partial charge in [0.1, 0.15) is 11.9 Å². The van der Waals surface area contributed by atoms with Crippen molar-refractivity contribution in [3.63, 3.8) is 0 Å². The van der Waals surface area contributed by atoms with Crippen molar-refractivity contribution < 1.29 is 18.7 Å². The number of amides is 1. The highest BCUT2D eigenvalue weighted by Crippen LogP contribution is 2.13. The first kappa shape index (κ1) is 17.1. The van der Waals surface area contributed by atoms with Gasteiger partial charge in [-0.05, 0) is 35.9 Å². The second-order valence-electron chi connectivity index (χ2n) is 4.89. The number of benzene rings is 2. The molecule has 0 saturated heterocycles. The van der Waals surface area contributed by atoms with Crippen molar-refractivity contribution in [2.24, 2.45) is 0 Å². The lowest BCUT2D eigenvalue weighted by Gasteiger charge is -2.16. The number of carbonyl (C=O) groups is 2. The summed E-state index contributed by atoms with van der Waals surface area (Å²) in [5.74, 6) is -1.60. The Morgan fingerprint density at radius 2 is 1.91 bits per heavy atom. The van der Waals surface area contributed by atoms with E-state index in [1.807, 2.05) is 24.3 Å². The van der Waals surface area contributed by atoms with Crippen LogP contribution in [-0.2, 0) is 16.0 Å². The van der Waals surface area contributed by atoms with Crippen molar-refractivity contribution in [3.05, 3.63) is 69.9 Å². The Hall–Kier alpha value is -2.21. The summed E-state index contributed by atoms with van der Waals surface area (Å²) in [5.41, 5.74) is 1.01. The molecule has 0 aliphatic rings. The Balaban J connectivity index is 2.13. The molecule has 0 aromatic heterocycles.